The van der Waals surface area contributed by atoms with E-state index in [4.69, 9.17) is 23.2 Å². The lowest BCUT2D eigenvalue weighted by molar-refractivity contribution is -0.0507. The topological polar surface area (TPSA) is 9.23 Å². The first-order chi connectivity index (χ1) is 6.54. The van der Waals surface area contributed by atoms with Gasteiger partial charge in [0.1, 0.15) is 5.75 Å². The molecule has 0 radical (unpaired) electrons. The number of ether oxygens (including phenoxy) is 1. The van der Waals surface area contributed by atoms with Gasteiger partial charge in [-0.3, -0.25) is 0 Å². The standard InChI is InChI=1S/C9H8Cl2F2O/c1-5-2-7(11)3-6(4-10)8(5)14-9(12)13/h2-3,9H,4H2,1H3. The van der Waals surface area contributed by atoms with Crippen molar-refractivity contribution in [2.24, 2.45) is 0 Å². The molecule has 1 aromatic rings. The van der Waals surface area contributed by atoms with E-state index in [0.29, 0.717) is 16.1 Å². The largest absolute Gasteiger partial charge is 0.434 e. The molecule has 0 N–H and O–H groups in total. The summed E-state index contributed by atoms with van der Waals surface area (Å²) in [6.45, 7) is -1.21. The molecule has 0 amide bonds. The van der Waals surface area contributed by atoms with Crippen LogP contribution in [-0.2, 0) is 5.88 Å². The Bertz CT molecular complexity index is 329. The van der Waals surface area contributed by atoms with Gasteiger partial charge < -0.3 is 4.74 Å². The van der Waals surface area contributed by atoms with Gasteiger partial charge in [0.2, 0.25) is 0 Å². The minimum atomic E-state index is -2.85. The van der Waals surface area contributed by atoms with E-state index < -0.39 is 6.61 Å². The van der Waals surface area contributed by atoms with E-state index in [2.05, 4.69) is 4.74 Å². The molecular formula is C9H8Cl2F2O. The van der Waals surface area contributed by atoms with E-state index in [1.807, 2.05) is 0 Å². The van der Waals surface area contributed by atoms with Crippen molar-refractivity contribution in [3.05, 3.63) is 28.3 Å². The highest BCUT2D eigenvalue weighted by atomic mass is 35.5. The molecule has 0 saturated carbocycles. The predicted molar refractivity (Wildman–Crippen MR) is 52.4 cm³/mol. The van der Waals surface area contributed by atoms with Crippen molar-refractivity contribution in [1.82, 2.24) is 0 Å². The van der Waals surface area contributed by atoms with Crippen LogP contribution in [0.1, 0.15) is 11.1 Å². The molecule has 0 aliphatic carbocycles. The number of hydrogen-bond donors (Lipinski definition) is 0. The molecule has 1 rings (SSSR count). The van der Waals surface area contributed by atoms with Crippen LogP contribution in [0.5, 0.6) is 5.75 Å². The van der Waals surface area contributed by atoms with Crippen LogP contribution in [-0.4, -0.2) is 6.61 Å². The average molecular weight is 241 g/mol. The Morgan fingerprint density at radius 1 is 1.43 bits per heavy atom. The minimum Gasteiger partial charge on any atom is -0.434 e. The molecule has 78 valence electrons. The van der Waals surface area contributed by atoms with Gasteiger partial charge in [0.05, 0.1) is 5.88 Å². The van der Waals surface area contributed by atoms with Gasteiger partial charge in [0, 0.05) is 10.6 Å². The average Bonchev–Trinajstić information content (AvgIpc) is 2.08. The van der Waals surface area contributed by atoms with Crippen molar-refractivity contribution in [2.45, 2.75) is 19.4 Å². The first-order valence-electron chi connectivity index (χ1n) is 3.84. The maximum Gasteiger partial charge on any atom is 0.387 e. The van der Waals surface area contributed by atoms with Crippen molar-refractivity contribution in [3.63, 3.8) is 0 Å². The van der Waals surface area contributed by atoms with Crippen molar-refractivity contribution in [2.75, 3.05) is 0 Å². The summed E-state index contributed by atoms with van der Waals surface area (Å²) in [6, 6.07) is 3.06. The number of aryl methyl sites for hydroxylation is 1. The van der Waals surface area contributed by atoms with Gasteiger partial charge >= 0.3 is 6.61 Å². The van der Waals surface area contributed by atoms with Crippen LogP contribution < -0.4 is 4.74 Å². The Morgan fingerprint density at radius 2 is 2.07 bits per heavy atom. The zero-order valence-corrected chi connectivity index (χ0v) is 8.87. The van der Waals surface area contributed by atoms with E-state index in [1.54, 1.807) is 13.0 Å². The number of hydrogen-bond acceptors (Lipinski definition) is 1. The molecule has 0 atom stereocenters. The number of halogens is 4. The van der Waals surface area contributed by atoms with Gasteiger partial charge in [-0.15, -0.1) is 11.6 Å². The maximum absolute atomic E-state index is 12.0. The third kappa shape index (κ3) is 2.72. The molecule has 1 nitrogen and oxygen atoms in total. The summed E-state index contributed by atoms with van der Waals surface area (Å²) in [7, 11) is 0. The molecule has 0 aromatic heterocycles. The molecule has 0 unspecified atom stereocenters. The fraction of sp³-hybridized carbons (Fsp3) is 0.333. The van der Waals surface area contributed by atoms with Gasteiger partial charge in [0.25, 0.3) is 0 Å². The Kier molecular flexibility index (Phi) is 3.96. The van der Waals surface area contributed by atoms with Crippen LogP contribution in [0.3, 0.4) is 0 Å². The smallest absolute Gasteiger partial charge is 0.387 e. The van der Waals surface area contributed by atoms with Crippen LogP contribution in [0.4, 0.5) is 8.78 Å². The fourth-order valence-electron chi connectivity index (χ4n) is 1.16. The monoisotopic (exact) mass is 240 g/mol. The molecule has 5 heteroatoms. The highest BCUT2D eigenvalue weighted by molar-refractivity contribution is 6.30. The van der Waals surface area contributed by atoms with Gasteiger partial charge in [-0.2, -0.15) is 8.78 Å². The van der Waals surface area contributed by atoms with Crippen molar-refractivity contribution >= 4 is 23.2 Å². The number of benzene rings is 1. The SMILES string of the molecule is Cc1cc(Cl)cc(CCl)c1OC(F)F. The van der Waals surface area contributed by atoms with Crippen LogP contribution in [0, 0.1) is 6.92 Å². The lowest BCUT2D eigenvalue weighted by atomic mass is 10.1. The number of rotatable bonds is 3. The summed E-state index contributed by atoms with van der Waals surface area (Å²) in [4.78, 5) is 0. The quantitative estimate of drug-likeness (QED) is 0.727. The predicted octanol–water partition coefficient (Wildman–Crippen LogP) is 3.99. The van der Waals surface area contributed by atoms with E-state index in [1.165, 1.54) is 6.07 Å². The lowest BCUT2D eigenvalue weighted by Crippen LogP contribution is -2.05. The van der Waals surface area contributed by atoms with Gasteiger partial charge in [0.15, 0.2) is 0 Å². The lowest BCUT2D eigenvalue weighted by Gasteiger charge is -2.12. The molecular weight excluding hydrogens is 233 g/mol. The molecule has 0 aliphatic rings. The summed E-state index contributed by atoms with van der Waals surface area (Å²) in [5.74, 6) is 0.197. The minimum absolute atomic E-state index is 0.0868. The summed E-state index contributed by atoms with van der Waals surface area (Å²) >= 11 is 11.3. The van der Waals surface area contributed by atoms with Crippen LogP contribution in [0.15, 0.2) is 12.1 Å². The Balaban J connectivity index is 3.11. The van der Waals surface area contributed by atoms with E-state index in [9.17, 15) is 8.78 Å². The van der Waals surface area contributed by atoms with Crippen molar-refractivity contribution < 1.29 is 13.5 Å². The van der Waals surface area contributed by atoms with Crippen molar-refractivity contribution in [3.8, 4) is 5.75 Å². The van der Waals surface area contributed by atoms with Crippen LogP contribution in [0.2, 0.25) is 5.02 Å². The van der Waals surface area contributed by atoms with Gasteiger partial charge in [-0.25, -0.2) is 0 Å². The van der Waals surface area contributed by atoms with E-state index >= 15 is 0 Å². The highest BCUT2D eigenvalue weighted by Crippen LogP contribution is 2.30. The Labute approximate surface area is 90.6 Å². The van der Waals surface area contributed by atoms with Crippen LogP contribution >= 0.6 is 23.2 Å². The molecule has 0 bridgehead atoms. The molecule has 14 heavy (non-hydrogen) atoms. The second kappa shape index (κ2) is 4.80. The van der Waals surface area contributed by atoms with Gasteiger partial charge in [-0.1, -0.05) is 11.6 Å². The zero-order valence-electron chi connectivity index (χ0n) is 7.36. The normalized spacial score (nSPS) is 10.7. The summed E-state index contributed by atoms with van der Waals surface area (Å²) in [5.41, 5.74) is 1.02. The van der Waals surface area contributed by atoms with E-state index in [0.717, 1.165) is 0 Å². The molecule has 0 aliphatic heterocycles. The molecule has 0 fully saturated rings. The van der Waals surface area contributed by atoms with Gasteiger partial charge in [-0.05, 0) is 24.6 Å². The summed E-state index contributed by atoms with van der Waals surface area (Å²) in [5, 5.41) is 0.458. The zero-order chi connectivity index (χ0) is 10.7. The third-order valence-corrected chi connectivity index (χ3v) is 2.17. The van der Waals surface area contributed by atoms with Crippen LogP contribution in [0.25, 0.3) is 0 Å². The molecule has 1 aromatic carbocycles. The first-order valence-corrected chi connectivity index (χ1v) is 4.75. The van der Waals surface area contributed by atoms with E-state index in [-0.39, 0.29) is 11.6 Å². The third-order valence-electron chi connectivity index (χ3n) is 1.67. The maximum atomic E-state index is 12.0. The second-order valence-corrected chi connectivity index (χ2v) is 3.43. The second-order valence-electron chi connectivity index (χ2n) is 2.72. The highest BCUT2D eigenvalue weighted by Gasteiger charge is 2.12. The molecule has 0 spiro atoms. The Morgan fingerprint density at radius 3 is 2.57 bits per heavy atom. The molecule has 0 saturated heterocycles. The summed E-state index contributed by atoms with van der Waals surface area (Å²) < 4.78 is 28.4. The summed E-state index contributed by atoms with van der Waals surface area (Å²) in [6.07, 6.45) is 0. The molecule has 0 heterocycles. The van der Waals surface area contributed by atoms with Crippen molar-refractivity contribution in [1.29, 1.82) is 0 Å². The first kappa shape index (κ1) is 11.5. The number of alkyl halides is 3. The fourth-order valence-corrected chi connectivity index (χ4v) is 1.65. The Hall–Kier alpha value is -0.540.